The monoisotopic (exact) mass is 334 g/mol. The maximum atomic E-state index is 12.2. The number of nitrogens with one attached hydrogen (secondary N) is 3. The van der Waals surface area contributed by atoms with Crippen LogP contribution in [0, 0.1) is 0 Å². The Morgan fingerprint density at radius 3 is 2.38 bits per heavy atom. The first kappa shape index (κ1) is 18.4. The molecule has 0 aliphatic carbocycles. The Balaban J connectivity index is 1.80. The van der Waals surface area contributed by atoms with E-state index in [1.807, 2.05) is 0 Å². The van der Waals surface area contributed by atoms with Gasteiger partial charge in [-0.1, -0.05) is 0 Å². The minimum atomic E-state index is -0.112. The molecule has 2 amide bonds. The lowest BCUT2D eigenvalue weighted by Gasteiger charge is -2.26. The number of carbonyl (C=O) groups excluding carboxylic acids is 2. The average Bonchev–Trinajstić information content (AvgIpc) is 2.56. The number of rotatable bonds is 7. The van der Waals surface area contributed by atoms with E-state index >= 15 is 0 Å². The Hall–Kier alpha value is -1.92. The number of anilines is 2. The van der Waals surface area contributed by atoms with E-state index in [0.29, 0.717) is 6.54 Å². The van der Waals surface area contributed by atoms with Gasteiger partial charge in [0.05, 0.1) is 6.54 Å². The van der Waals surface area contributed by atoms with Gasteiger partial charge in [0.1, 0.15) is 12.6 Å². The van der Waals surface area contributed by atoms with Gasteiger partial charge < -0.3 is 20.3 Å². The molecule has 2 rings (SSSR count). The van der Waals surface area contributed by atoms with Crippen molar-refractivity contribution in [2.24, 2.45) is 0 Å². The quantitative estimate of drug-likeness (QED) is 0.698. The number of carbonyl (C=O) groups is 2. The highest BCUT2D eigenvalue weighted by Crippen LogP contribution is 2.13. The zero-order chi connectivity index (χ0) is 17.4. The van der Waals surface area contributed by atoms with Gasteiger partial charge in [-0.05, 0) is 50.5 Å². The van der Waals surface area contributed by atoms with Gasteiger partial charge in [-0.3, -0.25) is 9.59 Å². The minimum absolute atomic E-state index is 0.00469. The van der Waals surface area contributed by atoms with E-state index in [-0.39, 0.29) is 17.9 Å². The third-order valence-corrected chi connectivity index (χ3v) is 4.19. The van der Waals surface area contributed by atoms with Crippen molar-refractivity contribution in [2.75, 3.05) is 36.9 Å². The average molecular weight is 334 g/mol. The standard InChI is InChI=1S/C18H27N3O3/c1-3-21(12-17-6-4-5-11-24-17)13-18(23)20-16-9-7-15(8-10-16)19-14(2)22/h7-10,17H,3-6,11-13H2,1-2H3,(H,19,22)(H,20,23)/p+1/t17-/m1/s1. The van der Waals surface area contributed by atoms with Crippen molar-refractivity contribution >= 4 is 23.2 Å². The summed E-state index contributed by atoms with van der Waals surface area (Å²) < 4.78 is 5.77. The van der Waals surface area contributed by atoms with Gasteiger partial charge in [0.2, 0.25) is 5.91 Å². The van der Waals surface area contributed by atoms with Crippen LogP contribution in [0.3, 0.4) is 0 Å². The highest BCUT2D eigenvalue weighted by molar-refractivity contribution is 5.92. The maximum absolute atomic E-state index is 12.2. The first-order chi connectivity index (χ1) is 11.6. The lowest BCUT2D eigenvalue weighted by atomic mass is 10.1. The fraction of sp³-hybridized carbons (Fsp3) is 0.556. The highest BCUT2D eigenvalue weighted by atomic mass is 16.5. The molecule has 24 heavy (non-hydrogen) atoms. The summed E-state index contributed by atoms with van der Waals surface area (Å²) in [6.07, 6.45) is 3.73. The molecular formula is C18H28N3O3+. The predicted octanol–water partition coefficient (Wildman–Crippen LogP) is 1.06. The lowest BCUT2D eigenvalue weighted by molar-refractivity contribution is -0.893. The summed E-state index contributed by atoms with van der Waals surface area (Å²) in [7, 11) is 0. The van der Waals surface area contributed by atoms with Crippen LogP contribution in [-0.2, 0) is 14.3 Å². The summed E-state index contributed by atoms with van der Waals surface area (Å²) in [6, 6.07) is 7.13. The third-order valence-electron chi connectivity index (χ3n) is 4.19. The summed E-state index contributed by atoms with van der Waals surface area (Å²) in [6.45, 7) is 6.61. The largest absolute Gasteiger partial charge is 0.372 e. The number of quaternary nitrogens is 1. The Morgan fingerprint density at radius 1 is 1.17 bits per heavy atom. The molecule has 1 saturated heterocycles. The Labute approximate surface area is 143 Å². The summed E-state index contributed by atoms with van der Waals surface area (Å²) in [5.74, 6) is -0.117. The van der Waals surface area contributed by atoms with Crippen molar-refractivity contribution in [3.8, 4) is 0 Å². The second-order valence-corrected chi connectivity index (χ2v) is 6.28. The minimum Gasteiger partial charge on any atom is -0.372 e. The van der Waals surface area contributed by atoms with Gasteiger partial charge in [0.25, 0.3) is 5.91 Å². The Bertz CT molecular complexity index is 539. The van der Waals surface area contributed by atoms with E-state index in [9.17, 15) is 9.59 Å². The molecule has 1 aliphatic heterocycles. The molecule has 6 nitrogen and oxygen atoms in total. The predicted molar refractivity (Wildman–Crippen MR) is 94.2 cm³/mol. The molecule has 0 saturated carbocycles. The first-order valence-electron chi connectivity index (χ1n) is 8.69. The normalized spacial score (nSPS) is 18.7. The number of amides is 2. The van der Waals surface area contributed by atoms with Gasteiger partial charge >= 0.3 is 0 Å². The van der Waals surface area contributed by atoms with Gasteiger partial charge in [0.15, 0.2) is 6.54 Å². The summed E-state index contributed by atoms with van der Waals surface area (Å²) in [5.41, 5.74) is 1.45. The molecule has 2 atom stereocenters. The molecule has 1 aromatic carbocycles. The molecular weight excluding hydrogens is 306 g/mol. The molecule has 1 unspecified atom stereocenters. The third kappa shape index (κ3) is 6.29. The first-order valence-corrected chi connectivity index (χ1v) is 8.69. The summed E-state index contributed by atoms with van der Waals surface area (Å²) in [4.78, 5) is 24.5. The van der Waals surface area contributed by atoms with Gasteiger partial charge in [-0.15, -0.1) is 0 Å². The van der Waals surface area contributed by atoms with Crippen LogP contribution in [0.15, 0.2) is 24.3 Å². The van der Waals surface area contributed by atoms with Crippen LogP contribution in [0.25, 0.3) is 0 Å². The van der Waals surface area contributed by atoms with Crippen LogP contribution in [0.1, 0.15) is 33.1 Å². The molecule has 1 fully saturated rings. The molecule has 0 bridgehead atoms. The second kappa shape index (κ2) is 9.39. The molecule has 0 radical (unpaired) electrons. The van der Waals surface area contributed by atoms with E-state index in [4.69, 9.17) is 4.74 Å². The maximum Gasteiger partial charge on any atom is 0.279 e. The van der Waals surface area contributed by atoms with Crippen LogP contribution in [0.2, 0.25) is 0 Å². The number of benzene rings is 1. The second-order valence-electron chi connectivity index (χ2n) is 6.28. The van der Waals surface area contributed by atoms with Crippen molar-refractivity contribution < 1.29 is 19.2 Å². The van der Waals surface area contributed by atoms with Gasteiger partial charge in [-0.25, -0.2) is 0 Å². The van der Waals surface area contributed by atoms with Crippen molar-refractivity contribution in [1.82, 2.24) is 0 Å². The van der Waals surface area contributed by atoms with E-state index in [1.165, 1.54) is 18.2 Å². The van der Waals surface area contributed by atoms with Crippen molar-refractivity contribution in [2.45, 2.75) is 39.2 Å². The fourth-order valence-electron chi connectivity index (χ4n) is 2.90. The van der Waals surface area contributed by atoms with E-state index in [1.54, 1.807) is 24.3 Å². The number of hydrogen-bond acceptors (Lipinski definition) is 3. The summed E-state index contributed by atoms with van der Waals surface area (Å²) in [5, 5.41) is 5.61. The van der Waals surface area contributed by atoms with Crippen molar-refractivity contribution in [3.63, 3.8) is 0 Å². The zero-order valence-corrected chi connectivity index (χ0v) is 14.6. The number of likely N-dealkylation sites (N-methyl/N-ethyl adjacent to an activating group) is 1. The Kier molecular flexibility index (Phi) is 7.21. The van der Waals surface area contributed by atoms with E-state index in [0.717, 1.165) is 43.9 Å². The molecule has 1 aromatic rings. The number of ether oxygens (including phenoxy) is 1. The molecule has 0 spiro atoms. The smallest absolute Gasteiger partial charge is 0.279 e. The fourth-order valence-corrected chi connectivity index (χ4v) is 2.90. The van der Waals surface area contributed by atoms with Crippen LogP contribution in [-0.4, -0.2) is 44.2 Å². The topological polar surface area (TPSA) is 71.9 Å². The lowest BCUT2D eigenvalue weighted by Crippen LogP contribution is -3.13. The van der Waals surface area contributed by atoms with Crippen molar-refractivity contribution in [1.29, 1.82) is 0 Å². The van der Waals surface area contributed by atoms with Gasteiger partial charge in [0, 0.05) is 24.9 Å². The molecule has 6 heteroatoms. The van der Waals surface area contributed by atoms with Crippen LogP contribution < -0.4 is 15.5 Å². The summed E-state index contributed by atoms with van der Waals surface area (Å²) >= 11 is 0. The van der Waals surface area contributed by atoms with Crippen LogP contribution in [0.5, 0.6) is 0 Å². The van der Waals surface area contributed by atoms with Gasteiger partial charge in [-0.2, -0.15) is 0 Å². The molecule has 3 N–H and O–H groups in total. The zero-order valence-electron chi connectivity index (χ0n) is 14.6. The van der Waals surface area contributed by atoms with Crippen molar-refractivity contribution in [3.05, 3.63) is 24.3 Å². The SMILES string of the molecule is CC[NH+](CC(=O)Nc1ccc(NC(C)=O)cc1)C[C@H]1CCCCO1. The van der Waals surface area contributed by atoms with Crippen LogP contribution >= 0.6 is 0 Å². The number of hydrogen-bond donors (Lipinski definition) is 3. The Morgan fingerprint density at radius 2 is 1.83 bits per heavy atom. The van der Waals surface area contributed by atoms with E-state index in [2.05, 4.69) is 17.6 Å². The molecule has 0 aromatic heterocycles. The molecule has 132 valence electrons. The molecule has 1 aliphatic rings. The van der Waals surface area contributed by atoms with E-state index < -0.39 is 0 Å². The molecule has 1 heterocycles. The van der Waals surface area contributed by atoms with Crippen LogP contribution in [0.4, 0.5) is 11.4 Å². The highest BCUT2D eigenvalue weighted by Gasteiger charge is 2.21.